The minimum Gasteiger partial charge on any atom is -0.457 e. The molecule has 3 aromatic rings. The summed E-state index contributed by atoms with van der Waals surface area (Å²) in [5.41, 5.74) is 0.850. The third-order valence-corrected chi connectivity index (χ3v) is 4.43. The number of carbonyl (C=O) groups is 1. The molecule has 138 valence electrons. The van der Waals surface area contributed by atoms with Crippen molar-refractivity contribution < 1.29 is 14.1 Å². The minimum atomic E-state index is -0.581. The molecule has 1 heterocycles. The zero-order valence-corrected chi connectivity index (χ0v) is 15.8. The fourth-order valence-electron chi connectivity index (χ4n) is 2.40. The summed E-state index contributed by atoms with van der Waals surface area (Å²) in [7, 11) is 0. The van der Waals surface area contributed by atoms with E-state index in [1.54, 1.807) is 48.5 Å². The number of furan rings is 1. The number of para-hydroxylation sites is 1. The number of benzene rings is 2. The lowest BCUT2D eigenvalue weighted by Gasteiger charge is -2.05. The van der Waals surface area contributed by atoms with Gasteiger partial charge in [-0.3, -0.25) is 14.9 Å². The molecule has 8 heteroatoms. The third kappa shape index (κ3) is 4.34. The molecule has 7 nitrogen and oxygen atoms in total. The maximum Gasteiger partial charge on any atom is 0.270 e. The van der Waals surface area contributed by atoms with Crippen molar-refractivity contribution in [3.8, 4) is 17.4 Å². The van der Waals surface area contributed by atoms with Crippen molar-refractivity contribution in [1.29, 1.82) is 5.26 Å². The predicted molar refractivity (Wildman–Crippen MR) is 107 cm³/mol. The summed E-state index contributed by atoms with van der Waals surface area (Å²) < 4.78 is 6.31. The van der Waals surface area contributed by atoms with Crippen LogP contribution in [0.4, 0.5) is 11.4 Å². The Kier molecular flexibility index (Phi) is 5.67. The van der Waals surface area contributed by atoms with E-state index < -0.39 is 10.8 Å². The van der Waals surface area contributed by atoms with Crippen molar-refractivity contribution in [3.05, 3.63) is 86.6 Å². The molecule has 0 aliphatic heterocycles. The number of nitriles is 1. The number of nitrogens with zero attached hydrogens (tertiary/aromatic N) is 2. The van der Waals surface area contributed by atoms with E-state index in [4.69, 9.17) is 4.42 Å². The molecule has 0 bridgehead atoms. The number of non-ortho nitro benzene ring substituents is 1. The molecule has 2 aromatic carbocycles. The first kappa shape index (κ1) is 19.1. The van der Waals surface area contributed by atoms with Crippen LogP contribution in [-0.4, -0.2) is 10.8 Å². The maximum absolute atomic E-state index is 12.4. The number of nitrogens with one attached hydrogen (secondary N) is 1. The Balaban J connectivity index is 1.83. The summed E-state index contributed by atoms with van der Waals surface area (Å²) in [5.74, 6) is 0.0847. The van der Waals surface area contributed by atoms with Gasteiger partial charge in [0.15, 0.2) is 0 Å². The summed E-state index contributed by atoms with van der Waals surface area (Å²) in [4.78, 5) is 22.8. The van der Waals surface area contributed by atoms with Crippen LogP contribution in [0.3, 0.4) is 0 Å². The second-order valence-corrected chi connectivity index (χ2v) is 6.47. The van der Waals surface area contributed by atoms with Crippen LogP contribution in [0.1, 0.15) is 5.76 Å². The lowest BCUT2D eigenvalue weighted by Crippen LogP contribution is -2.13. The van der Waals surface area contributed by atoms with Crippen LogP contribution in [0.25, 0.3) is 17.4 Å². The summed E-state index contributed by atoms with van der Waals surface area (Å²) >= 11 is 3.32. The van der Waals surface area contributed by atoms with E-state index in [0.717, 1.165) is 0 Å². The number of rotatable bonds is 5. The van der Waals surface area contributed by atoms with Crippen LogP contribution < -0.4 is 5.32 Å². The molecule has 28 heavy (non-hydrogen) atoms. The van der Waals surface area contributed by atoms with Gasteiger partial charge in [0.05, 0.1) is 10.6 Å². The highest BCUT2D eigenvalue weighted by atomic mass is 79.9. The molecule has 1 amide bonds. The monoisotopic (exact) mass is 437 g/mol. The smallest absolute Gasteiger partial charge is 0.270 e. The molecule has 1 aromatic heterocycles. The van der Waals surface area contributed by atoms with Gasteiger partial charge in [0.1, 0.15) is 23.2 Å². The average molecular weight is 438 g/mol. The van der Waals surface area contributed by atoms with Crippen molar-refractivity contribution in [2.75, 3.05) is 5.32 Å². The number of anilines is 1. The van der Waals surface area contributed by atoms with Gasteiger partial charge in [-0.2, -0.15) is 5.26 Å². The average Bonchev–Trinajstić information content (AvgIpc) is 3.16. The minimum absolute atomic E-state index is 0.0588. The highest BCUT2D eigenvalue weighted by Crippen LogP contribution is 2.27. The molecule has 0 aliphatic carbocycles. The molecule has 0 aliphatic rings. The van der Waals surface area contributed by atoms with E-state index in [9.17, 15) is 20.2 Å². The van der Waals surface area contributed by atoms with E-state index in [-0.39, 0.29) is 17.0 Å². The number of carbonyl (C=O) groups excluding carboxylic acids is 1. The topological polar surface area (TPSA) is 109 Å². The number of nitro groups is 1. The van der Waals surface area contributed by atoms with Gasteiger partial charge in [-0.15, -0.1) is 0 Å². The van der Waals surface area contributed by atoms with Gasteiger partial charge in [-0.1, -0.05) is 24.3 Å². The van der Waals surface area contributed by atoms with Gasteiger partial charge in [-0.25, -0.2) is 0 Å². The van der Waals surface area contributed by atoms with Crippen molar-refractivity contribution in [2.24, 2.45) is 0 Å². The standard InChI is InChI=1S/C20H12BrN3O4/c21-17-6-1-2-7-18(17)23-20(25)14(12-22)11-16-8-9-19(28-16)13-4-3-5-15(10-13)24(26)27/h1-11H,(H,23,25)/b14-11+. The van der Waals surface area contributed by atoms with Gasteiger partial charge >= 0.3 is 0 Å². The predicted octanol–water partition coefficient (Wildman–Crippen LogP) is 5.16. The SMILES string of the molecule is N#C/C(=C\c1ccc(-c2cccc([N+](=O)[O-])c2)o1)C(=O)Nc1ccccc1Br. The van der Waals surface area contributed by atoms with E-state index in [1.807, 2.05) is 6.07 Å². The fourth-order valence-corrected chi connectivity index (χ4v) is 2.79. The molecular weight excluding hydrogens is 426 g/mol. The quantitative estimate of drug-likeness (QED) is 0.256. The van der Waals surface area contributed by atoms with Crippen LogP contribution in [0.15, 0.2) is 75.1 Å². The van der Waals surface area contributed by atoms with Crippen LogP contribution in [0.5, 0.6) is 0 Å². The van der Waals surface area contributed by atoms with Gasteiger partial charge in [-0.05, 0) is 40.2 Å². The molecule has 0 saturated carbocycles. The number of nitro benzene ring substituents is 1. The molecule has 0 unspecified atom stereocenters. The van der Waals surface area contributed by atoms with E-state index in [2.05, 4.69) is 21.2 Å². The summed E-state index contributed by atoms with van der Waals surface area (Å²) in [6, 6.07) is 18.1. The van der Waals surface area contributed by atoms with Crippen molar-refractivity contribution >= 4 is 39.3 Å². The van der Waals surface area contributed by atoms with E-state index in [0.29, 0.717) is 21.5 Å². The van der Waals surface area contributed by atoms with E-state index >= 15 is 0 Å². The highest BCUT2D eigenvalue weighted by molar-refractivity contribution is 9.10. The molecule has 0 saturated heterocycles. The number of hydrogen-bond acceptors (Lipinski definition) is 5. The first-order chi connectivity index (χ1) is 13.5. The first-order valence-electron chi connectivity index (χ1n) is 8.00. The Hall–Kier alpha value is -3.70. The van der Waals surface area contributed by atoms with Crippen molar-refractivity contribution in [2.45, 2.75) is 0 Å². The molecule has 3 rings (SSSR count). The molecular formula is C20H12BrN3O4. The summed E-state index contributed by atoms with van der Waals surface area (Å²) in [5, 5.41) is 22.9. The maximum atomic E-state index is 12.4. The van der Waals surface area contributed by atoms with Gasteiger partial charge in [0.25, 0.3) is 11.6 Å². The zero-order chi connectivity index (χ0) is 20.1. The lowest BCUT2D eigenvalue weighted by molar-refractivity contribution is -0.384. The van der Waals surface area contributed by atoms with Gasteiger partial charge in [0, 0.05) is 28.2 Å². The number of halogens is 1. The molecule has 0 spiro atoms. The normalized spacial score (nSPS) is 10.9. The van der Waals surface area contributed by atoms with Crippen LogP contribution in [-0.2, 0) is 4.79 Å². The largest absolute Gasteiger partial charge is 0.457 e. The van der Waals surface area contributed by atoms with Crippen molar-refractivity contribution in [1.82, 2.24) is 0 Å². The highest BCUT2D eigenvalue weighted by Gasteiger charge is 2.14. The third-order valence-electron chi connectivity index (χ3n) is 3.74. The van der Waals surface area contributed by atoms with Gasteiger partial charge in [0.2, 0.25) is 0 Å². The van der Waals surface area contributed by atoms with Crippen molar-refractivity contribution in [3.63, 3.8) is 0 Å². The van der Waals surface area contributed by atoms with Crippen LogP contribution in [0.2, 0.25) is 0 Å². The zero-order valence-electron chi connectivity index (χ0n) is 14.3. The van der Waals surface area contributed by atoms with Crippen LogP contribution >= 0.6 is 15.9 Å². The number of hydrogen-bond donors (Lipinski definition) is 1. The Morgan fingerprint density at radius 3 is 2.68 bits per heavy atom. The molecule has 0 atom stereocenters. The molecule has 1 N–H and O–H groups in total. The number of amides is 1. The van der Waals surface area contributed by atoms with Gasteiger partial charge < -0.3 is 9.73 Å². The van der Waals surface area contributed by atoms with E-state index in [1.165, 1.54) is 18.2 Å². The fraction of sp³-hybridized carbons (Fsp3) is 0. The Morgan fingerprint density at radius 2 is 1.96 bits per heavy atom. The summed E-state index contributed by atoms with van der Waals surface area (Å²) in [6.45, 7) is 0. The van der Waals surface area contributed by atoms with Crippen LogP contribution in [0, 0.1) is 21.4 Å². The second-order valence-electron chi connectivity index (χ2n) is 5.61. The Morgan fingerprint density at radius 1 is 1.18 bits per heavy atom. The Bertz CT molecular complexity index is 1130. The first-order valence-corrected chi connectivity index (χ1v) is 8.79. The molecule has 0 radical (unpaired) electrons. The second kappa shape index (κ2) is 8.33. The molecule has 0 fully saturated rings. The summed E-state index contributed by atoms with van der Waals surface area (Å²) in [6.07, 6.45) is 1.31. The lowest BCUT2D eigenvalue weighted by atomic mass is 10.1. The Labute approximate surface area is 168 Å².